The summed E-state index contributed by atoms with van der Waals surface area (Å²) in [6.07, 6.45) is 3.16. The Hall–Kier alpha value is -2.02. The van der Waals surface area contributed by atoms with Crippen molar-refractivity contribution in [2.75, 3.05) is 6.61 Å². The van der Waals surface area contributed by atoms with E-state index in [0.717, 1.165) is 5.39 Å². The summed E-state index contributed by atoms with van der Waals surface area (Å²) in [5, 5.41) is 12.0. The maximum absolute atomic E-state index is 10.6. The van der Waals surface area contributed by atoms with Gasteiger partial charge < -0.3 is 4.74 Å². The Morgan fingerprint density at radius 1 is 1.40 bits per heavy atom. The molecule has 108 valence electrons. The molecule has 0 aliphatic rings. The van der Waals surface area contributed by atoms with Crippen LogP contribution < -0.4 is 0 Å². The Morgan fingerprint density at radius 3 is 2.60 bits per heavy atom. The molecule has 0 aliphatic heterocycles. The first kappa shape index (κ1) is 18.0. The molecule has 7 heteroatoms. The zero-order valence-corrected chi connectivity index (χ0v) is 12.8. The minimum atomic E-state index is -0.387. The predicted molar refractivity (Wildman–Crippen MR) is 81.0 cm³/mol. The molecule has 6 nitrogen and oxygen atoms in total. The Bertz CT molecular complexity index is 584. The molecule has 0 atom stereocenters. The molecular weight excluding hydrogens is 328 g/mol. The van der Waals surface area contributed by atoms with Crippen LogP contribution in [0.3, 0.4) is 0 Å². The molecule has 1 heterocycles. The van der Waals surface area contributed by atoms with Gasteiger partial charge in [-0.15, -0.1) is 17.0 Å². The molecule has 0 saturated carbocycles. The number of hydrogen-bond donors (Lipinski definition) is 0. The molecule has 0 amide bonds. The highest BCUT2D eigenvalue weighted by Crippen LogP contribution is 2.23. The Labute approximate surface area is 126 Å². The number of hydrogen-bond acceptors (Lipinski definition) is 5. The van der Waals surface area contributed by atoms with Gasteiger partial charge in [0.05, 0.1) is 16.9 Å². The van der Waals surface area contributed by atoms with Crippen LogP contribution in [0, 0.1) is 10.1 Å². The minimum absolute atomic E-state index is 0. The summed E-state index contributed by atoms with van der Waals surface area (Å²) in [6, 6.07) is 6.59. The highest BCUT2D eigenvalue weighted by molar-refractivity contribution is 8.93. The molecule has 0 bridgehead atoms. The van der Waals surface area contributed by atoms with Crippen LogP contribution in [0.5, 0.6) is 0 Å². The van der Waals surface area contributed by atoms with Crippen LogP contribution in [0.15, 0.2) is 36.7 Å². The fraction of sp³-hybridized carbons (Fsp3) is 0.231. The smallest absolute Gasteiger partial charge is 0.302 e. The molecular formula is C13H15BrN2O4. The van der Waals surface area contributed by atoms with Crippen molar-refractivity contribution < 1.29 is 14.5 Å². The topological polar surface area (TPSA) is 82.3 Å². The number of rotatable bonds is 2. The van der Waals surface area contributed by atoms with Gasteiger partial charge in [0, 0.05) is 30.8 Å². The fourth-order valence-electron chi connectivity index (χ4n) is 1.47. The normalized spacial score (nSPS) is 8.90. The lowest BCUT2D eigenvalue weighted by Crippen LogP contribution is -1.95. The molecule has 0 saturated heterocycles. The standard InChI is InChI=1S/C9H6N2O2.C4H8O2.BrH/c12-11(13)9-3-1-2-7-6-10-5-4-8(7)9;1-3-6-4(2)5;/h1-6H;3H2,1-2H3;1H. The van der Waals surface area contributed by atoms with E-state index in [4.69, 9.17) is 0 Å². The van der Waals surface area contributed by atoms with E-state index in [0.29, 0.717) is 12.0 Å². The lowest BCUT2D eigenvalue weighted by atomic mass is 10.1. The average molecular weight is 343 g/mol. The van der Waals surface area contributed by atoms with Crippen LogP contribution in [0.25, 0.3) is 10.8 Å². The summed E-state index contributed by atoms with van der Waals surface area (Å²) in [5.41, 5.74) is 0.125. The van der Waals surface area contributed by atoms with Crippen LogP contribution in [-0.2, 0) is 9.53 Å². The van der Waals surface area contributed by atoms with Gasteiger partial charge in [0.2, 0.25) is 0 Å². The highest BCUT2D eigenvalue weighted by Gasteiger charge is 2.09. The summed E-state index contributed by atoms with van der Waals surface area (Å²) in [6.45, 7) is 3.65. The van der Waals surface area contributed by atoms with Crippen LogP contribution in [0.4, 0.5) is 5.69 Å². The van der Waals surface area contributed by atoms with Gasteiger partial charge in [-0.25, -0.2) is 0 Å². The molecule has 2 rings (SSSR count). The summed E-state index contributed by atoms with van der Waals surface area (Å²) in [4.78, 5) is 23.9. The van der Waals surface area contributed by atoms with Gasteiger partial charge in [-0.1, -0.05) is 12.1 Å². The zero-order chi connectivity index (χ0) is 14.3. The van der Waals surface area contributed by atoms with E-state index in [9.17, 15) is 14.9 Å². The van der Waals surface area contributed by atoms with E-state index in [1.54, 1.807) is 37.5 Å². The van der Waals surface area contributed by atoms with Crippen molar-refractivity contribution in [1.29, 1.82) is 0 Å². The molecule has 1 aromatic carbocycles. The van der Waals surface area contributed by atoms with E-state index < -0.39 is 0 Å². The first-order valence-electron chi connectivity index (χ1n) is 5.66. The third kappa shape index (κ3) is 5.31. The van der Waals surface area contributed by atoms with Crippen LogP contribution in [-0.4, -0.2) is 22.5 Å². The van der Waals surface area contributed by atoms with Gasteiger partial charge in [0.1, 0.15) is 0 Å². The molecule has 0 unspecified atom stereocenters. The number of non-ortho nitro benzene ring substituents is 1. The van der Waals surface area contributed by atoms with Gasteiger partial charge >= 0.3 is 5.97 Å². The predicted octanol–water partition coefficient (Wildman–Crippen LogP) is 3.29. The van der Waals surface area contributed by atoms with Crippen LogP contribution in [0.2, 0.25) is 0 Å². The van der Waals surface area contributed by atoms with E-state index in [1.807, 2.05) is 0 Å². The van der Waals surface area contributed by atoms with Crippen molar-refractivity contribution in [3.63, 3.8) is 0 Å². The minimum Gasteiger partial charge on any atom is -0.466 e. The number of carbonyl (C=O) groups excluding carboxylic acids is 1. The van der Waals surface area contributed by atoms with Gasteiger partial charge in [0.15, 0.2) is 0 Å². The molecule has 20 heavy (non-hydrogen) atoms. The molecule has 0 spiro atoms. The first-order chi connectivity index (χ1) is 9.06. The van der Waals surface area contributed by atoms with Crippen molar-refractivity contribution >= 4 is 39.4 Å². The second kappa shape index (κ2) is 8.98. The quantitative estimate of drug-likeness (QED) is 0.475. The molecule has 0 radical (unpaired) electrons. The molecule has 0 fully saturated rings. The average Bonchev–Trinajstić information content (AvgIpc) is 2.38. The molecule has 2 aromatic rings. The lowest BCUT2D eigenvalue weighted by Gasteiger charge is -1.96. The first-order valence-corrected chi connectivity index (χ1v) is 5.66. The molecule has 0 N–H and O–H groups in total. The number of pyridine rings is 1. The number of carbonyl (C=O) groups is 1. The summed E-state index contributed by atoms with van der Waals surface area (Å²) >= 11 is 0. The zero-order valence-electron chi connectivity index (χ0n) is 11.1. The fourth-order valence-corrected chi connectivity index (χ4v) is 1.47. The Kier molecular flexibility index (Phi) is 8.07. The summed E-state index contributed by atoms with van der Waals surface area (Å²) < 4.78 is 4.40. The molecule has 1 aromatic heterocycles. The van der Waals surface area contributed by atoms with Gasteiger partial charge in [-0.2, -0.15) is 0 Å². The highest BCUT2D eigenvalue weighted by atomic mass is 79.9. The Balaban J connectivity index is 0.000000448. The summed E-state index contributed by atoms with van der Waals surface area (Å²) in [7, 11) is 0. The number of benzene rings is 1. The maximum Gasteiger partial charge on any atom is 0.302 e. The third-order valence-corrected chi connectivity index (χ3v) is 2.20. The number of ether oxygens (including phenoxy) is 1. The van der Waals surface area contributed by atoms with E-state index >= 15 is 0 Å². The van der Waals surface area contributed by atoms with Crippen molar-refractivity contribution in [2.24, 2.45) is 0 Å². The van der Waals surface area contributed by atoms with E-state index in [2.05, 4.69) is 9.72 Å². The lowest BCUT2D eigenvalue weighted by molar-refractivity contribution is -0.383. The number of nitro benzene ring substituents is 1. The number of aromatic nitrogens is 1. The monoisotopic (exact) mass is 342 g/mol. The van der Waals surface area contributed by atoms with Crippen molar-refractivity contribution in [2.45, 2.75) is 13.8 Å². The van der Waals surface area contributed by atoms with Gasteiger partial charge in [0.25, 0.3) is 5.69 Å². The van der Waals surface area contributed by atoms with E-state index in [-0.39, 0.29) is 33.6 Å². The van der Waals surface area contributed by atoms with Crippen LogP contribution >= 0.6 is 17.0 Å². The Morgan fingerprint density at radius 2 is 2.10 bits per heavy atom. The van der Waals surface area contributed by atoms with Crippen LogP contribution in [0.1, 0.15) is 13.8 Å². The second-order valence-electron chi connectivity index (χ2n) is 3.56. The van der Waals surface area contributed by atoms with Gasteiger partial charge in [-0.3, -0.25) is 19.9 Å². The summed E-state index contributed by atoms with van der Waals surface area (Å²) in [5.74, 6) is -0.211. The van der Waals surface area contributed by atoms with Crippen molar-refractivity contribution in [3.05, 3.63) is 46.8 Å². The van der Waals surface area contributed by atoms with Crippen molar-refractivity contribution in [1.82, 2.24) is 4.98 Å². The number of fused-ring (bicyclic) bond motifs is 1. The SMILES string of the molecule is Br.CCOC(C)=O.O=[N+]([O-])c1cccc2cnccc12. The number of esters is 1. The largest absolute Gasteiger partial charge is 0.466 e. The molecule has 0 aliphatic carbocycles. The third-order valence-electron chi connectivity index (χ3n) is 2.20. The number of halogens is 1. The maximum atomic E-state index is 10.6. The van der Waals surface area contributed by atoms with Crippen molar-refractivity contribution in [3.8, 4) is 0 Å². The second-order valence-corrected chi connectivity index (χ2v) is 3.56. The number of nitro groups is 1. The number of nitrogens with zero attached hydrogens (tertiary/aromatic N) is 2. The van der Waals surface area contributed by atoms with E-state index in [1.165, 1.54) is 13.0 Å². The van der Waals surface area contributed by atoms with Gasteiger partial charge in [-0.05, 0) is 13.0 Å².